The molecule has 0 spiro atoms. The van der Waals surface area contributed by atoms with Crippen molar-refractivity contribution in [2.24, 2.45) is 11.1 Å². The highest BCUT2D eigenvalue weighted by Crippen LogP contribution is 2.26. The van der Waals surface area contributed by atoms with Crippen LogP contribution in [0.1, 0.15) is 39.0 Å². The van der Waals surface area contributed by atoms with E-state index in [0.29, 0.717) is 5.92 Å². The Hall–Kier alpha value is -0.130. The topological polar surface area (TPSA) is 72.2 Å². The molecule has 0 heterocycles. The first kappa shape index (κ1) is 10.9. The molecule has 0 radical (unpaired) electrons. The van der Waals surface area contributed by atoms with Crippen LogP contribution in [0.3, 0.4) is 0 Å². The second-order valence-electron chi connectivity index (χ2n) is 3.85. The molecule has 78 valence electrons. The standard InChI is InChI=1S/C8H18N2O2S/c1-7(10-13(9,11)12)8-5-3-2-4-6-8/h7-8,10H,2-6H2,1H3,(H2,9,11,12). The highest BCUT2D eigenvalue weighted by atomic mass is 32.2. The molecule has 1 aliphatic carbocycles. The Bertz CT molecular complexity index is 245. The number of rotatable bonds is 3. The van der Waals surface area contributed by atoms with Gasteiger partial charge in [0.25, 0.3) is 10.2 Å². The maximum absolute atomic E-state index is 10.8. The summed E-state index contributed by atoms with van der Waals surface area (Å²) in [5, 5.41) is 4.90. The van der Waals surface area contributed by atoms with Crippen LogP contribution < -0.4 is 9.86 Å². The molecule has 1 aliphatic rings. The van der Waals surface area contributed by atoms with E-state index >= 15 is 0 Å². The molecule has 0 aromatic carbocycles. The van der Waals surface area contributed by atoms with Gasteiger partial charge in [-0.05, 0) is 25.7 Å². The normalized spacial score (nSPS) is 22.9. The van der Waals surface area contributed by atoms with Crippen LogP contribution in [0.4, 0.5) is 0 Å². The SMILES string of the molecule is CC(NS(N)(=O)=O)C1CCCCC1. The Kier molecular flexibility index (Phi) is 3.70. The van der Waals surface area contributed by atoms with Crippen LogP contribution in [0, 0.1) is 5.92 Å². The van der Waals surface area contributed by atoms with Crippen molar-refractivity contribution in [3.05, 3.63) is 0 Å². The molecule has 5 heteroatoms. The Morgan fingerprint density at radius 2 is 1.85 bits per heavy atom. The zero-order valence-corrected chi connectivity index (χ0v) is 8.81. The zero-order valence-electron chi connectivity index (χ0n) is 7.99. The van der Waals surface area contributed by atoms with Gasteiger partial charge in [0.2, 0.25) is 0 Å². The summed E-state index contributed by atoms with van der Waals surface area (Å²) in [5.74, 6) is 0.465. The van der Waals surface area contributed by atoms with Crippen LogP contribution in [0.2, 0.25) is 0 Å². The molecule has 1 saturated carbocycles. The highest BCUT2D eigenvalue weighted by molar-refractivity contribution is 7.87. The third-order valence-electron chi connectivity index (χ3n) is 2.71. The van der Waals surface area contributed by atoms with Gasteiger partial charge in [-0.2, -0.15) is 13.1 Å². The van der Waals surface area contributed by atoms with Gasteiger partial charge in [0.15, 0.2) is 0 Å². The fraction of sp³-hybridized carbons (Fsp3) is 1.00. The van der Waals surface area contributed by atoms with Gasteiger partial charge in [0.1, 0.15) is 0 Å². The lowest BCUT2D eigenvalue weighted by Crippen LogP contribution is -2.42. The number of hydrogen-bond acceptors (Lipinski definition) is 2. The Labute approximate surface area is 80.1 Å². The van der Waals surface area contributed by atoms with Gasteiger partial charge in [-0.15, -0.1) is 0 Å². The molecule has 0 aliphatic heterocycles. The predicted octanol–water partition coefficient (Wildman–Crippen LogP) is 0.748. The molecule has 13 heavy (non-hydrogen) atoms. The summed E-state index contributed by atoms with van der Waals surface area (Å²) in [6.45, 7) is 1.89. The maximum Gasteiger partial charge on any atom is 0.274 e. The molecule has 0 aromatic heterocycles. The first-order valence-corrected chi connectivity index (χ1v) is 6.34. The van der Waals surface area contributed by atoms with Gasteiger partial charge in [-0.1, -0.05) is 19.3 Å². The van der Waals surface area contributed by atoms with Crippen LogP contribution >= 0.6 is 0 Å². The second-order valence-corrected chi connectivity index (χ2v) is 5.18. The summed E-state index contributed by atoms with van der Waals surface area (Å²) in [6, 6.07) is -0.0182. The van der Waals surface area contributed by atoms with E-state index in [0.717, 1.165) is 12.8 Å². The third kappa shape index (κ3) is 4.06. The van der Waals surface area contributed by atoms with Gasteiger partial charge in [0.05, 0.1) is 0 Å². The predicted molar refractivity (Wildman–Crippen MR) is 52.3 cm³/mol. The van der Waals surface area contributed by atoms with Crippen LogP contribution in [-0.4, -0.2) is 14.5 Å². The summed E-state index contributed by atoms with van der Waals surface area (Å²) in [5.41, 5.74) is 0. The van der Waals surface area contributed by atoms with Crippen molar-refractivity contribution in [2.45, 2.75) is 45.1 Å². The molecule has 1 unspecified atom stereocenters. The molecular weight excluding hydrogens is 188 g/mol. The lowest BCUT2D eigenvalue weighted by molar-refractivity contribution is 0.303. The second kappa shape index (κ2) is 4.39. The fourth-order valence-corrected chi connectivity index (χ4v) is 2.70. The highest BCUT2D eigenvalue weighted by Gasteiger charge is 2.22. The van der Waals surface area contributed by atoms with Crippen molar-refractivity contribution < 1.29 is 8.42 Å². The van der Waals surface area contributed by atoms with Gasteiger partial charge < -0.3 is 0 Å². The number of nitrogens with two attached hydrogens (primary N) is 1. The summed E-state index contributed by atoms with van der Waals surface area (Å²) in [6.07, 6.45) is 5.93. The minimum absolute atomic E-state index is 0.0182. The van der Waals surface area contributed by atoms with E-state index in [-0.39, 0.29) is 6.04 Å². The monoisotopic (exact) mass is 206 g/mol. The van der Waals surface area contributed by atoms with Crippen molar-refractivity contribution in [1.82, 2.24) is 4.72 Å². The summed E-state index contributed by atoms with van der Waals surface area (Å²) in [7, 11) is -3.52. The minimum atomic E-state index is -3.52. The smallest absolute Gasteiger partial charge is 0.216 e. The minimum Gasteiger partial charge on any atom is -0.216 e. The molecule has 1 rings (SSSR count). The van der Waals surface area contributed by atoms with Crippen LogP contribution in [0.15, 0.2) is 0 Å². The van der Waals surface area contributed by atoms with Gasteiger partial charge in [-0.3, -0.25) is 0 Å². The van der Waals surface area contributed by atoms with Gasteiger partial charge in [0, 0.05) is 6.04 Å². The van der Waals surface area contributed by atoms with E-state index in [9.17, 15) is 8.42 Å². The lowest BCUT2D eigenvalue weighted by atomic mass is 9.85. The maximum atomic E-state index is 10.8. The molecule has 1 atom stereocenters. The summed E-state index contributed by atoms with van der Waals surface area (Å²) in [4.78, 5) is 0. The van der Waals surface area contributed by atoms with E-state index < -0.39 is 10.2 Å². The van der Waals surface area contributed by atoms with Crippen molar-refractivity contribution in [1.29, 1.82) is 0 Å². The molecule has 4 nitrogen and oxygen atoms in total. The number of hydrogen-bond donors (Lipinski definition) is 2. The van der Waals surface area contributed by atoms with Crippen molar-refractivity contribution >= 4 is 10.2 Å². The van der Waals surface area contributed by atoms with Gasteiger partial charge in [-0.25, -0.2) is 5.14 Å². The lowest BCUT2D eigenvalue weighted by Gasteiger charge is -2.27. The van der Waals surface area contributed by atoms with Crippen LogP contribution in [-0.2, 0) is 10.2 Å². The summed E-state index contributed by atoms with van der Waals surface area (Å²) >= 11 is 0. The molecule has 0 bridgehead atoms. The first-order chi connectivity index (χ1) is 5.99. The Balaban J connectivity index is 2.42. The average molecular weight is 206 g/mol. The summed E-state index contributed by atoms with van der Waals surface area (Å²) < 4.78 is 23.9. The largest absolute Gasteiger partial charge is 0.274 e. The van der Waals surface area contributed by atoms with E-state index in [1.54, 1.807) is 0 Å². The molecule has 0 aromatic rings. The van der Waals surface area contributed by atoms with Crippen molar-refractivity contribution in [2.75, 3.05) is 0 Å². The molecular formula is C8H18N2O2S. The van der Waals surface area contributed by atoms with Crippen LogP contribution in [0.25, 0.3) is 0 Å². The van der Waals surface area contributed by atoms with E-state index in [2.05, 4.69) is 4.72 Å². The fourth-order valence-electron chi connectivity index (χ4n) is 1.99. The zero-order chi connectivity index (χ0) is 9.90. The van der Waals surface area contributed by atoms with Crippen molar-refractivity contribution in [3.8, 4) is 0 Å². The van der Waals surface area contributed by atoms with E-state index in [4.69, 9.17) is 5.14 Å². The molecule has 3 N–H and O–H groups in total. The first-order valence-electron chi connectivity index (χ1n) is 4.79. The molecule has 0 amide bonds. The third-order valence-corrected chi connectivity index (χ3v) is 3.41. The number of nitrogens with one attached hydrogen (secondary N) is 1. The molecule has 0 saturated heterocycles. The quantitative estimate of drug-likeness (QED) is 0.715. The van der Waals surface area contributed by atoms with Crippen molar-refractivity contribution in [3.63, 3.8) is 0 Å². The molecule has 1 fully saturated rings. The van der Waals surface area contributed by atoms with E-state index in [1.807, 2.05) is 6.92 Å². The van der Waals surface area contributed by atoms with Gasteiger partial charge >= 0.3 is 0 Å². The average Bonchev–Trinajstić information content (AvgIpc) is 2.03. The van der Waals surface area contributed by atoms with Crippen LogP contribution in [0.5, 0.6) is 0 Å². The van der Waals surface area contributed by atoms with E-state index in [1.165, 1.54) is 19.3 Å². The Morgan fingerprint density at radius 1 is 1.31 bits per heavy atom. The Morgan fingerprint density at radius 3 is 2.31 bits per heavy atom.